The van der Waals surface area contributed by atoms with Gasteiger partial charge in [-0.15, -0.1) is 10.1 Å². The Morgan fingerprint density at radius 1 is 1.35 bits per heavy atom. The molecule has 1 aliphatic heterocycles. The zero-order chi connectivity index (χ0) is 17.0. The van der Waals surface area contributed by atoms with E-state index in [0.717, 1.165) is 12.3 Å². The fourth-order valence-corrected chi connectivity index (χ4v) is 2.53. The van der Waals surface area contributed by atoms with Crippen molar-refractivity contribution in [1.29, 1.82) is 0 Å². The fraction of sp³-hybridized carbons (Fsp3) is 0.583. The number of pyridine rings is 1. The van der Waals surface area contributed by atoms with E-state index in [-0.39, 0.29) is 11.6 Å². The quantitative estimate of drug-likeness (QED) is 0.595. The predicted octanol–water partition coefficient (Wildman–Crippen LogP) is 2.08. The van der Waals surface area contributed by atoms with Gasteiger partial charge in [0.1, 0.15) is 12.4 Å². The molecule has 0 aromatic carbocycles. The molecule has 0 spiro atoms. The first-order valence-corrected chi connectivity index (χ1v) is 7.12. The monoisotopic (exact) mass is 354 g/mol. The molecule has 0 atom stereocenters. The highest BCUT2D eigenvalue weighted by Gasteiger charge is 2.32. The third-order valence-electron chi connectivity index (χ3n) is 3.43. The van der Waals surface area contributed by atoms with Crippen LogP contribution < -0.4 is 4.90 Å². The molecule has 128 valence electrons. The molecule has 0 aliphatic carbocycles. The van der Waals surface area contributed by atoms with E-state index in [1.54, 1.807) is 4.90 Å². The third kappa shape index (κ3) is 4.83. The van der Waals surface area contributed by atoms with Crippen molar-refractivity contribution in [2.45, 2.75) is 6.18 Å². The van der Waals surface area contributed by atoms with E-state index in [0.29, 0.717) is 38.5 Å². The van der Waals surface area contributed by atoms with Gasteiger partial charge in [-0.1, -0.05) is 11.6 Å². The minimum absolute atomic E-state index is 0.0215. The first-order valence-electron chi connectivity index (χ1n) is 6.74. The Morgan fingerprint density at radius 3 is 2.52 bits per heavy atom. The number of nitrogens with zero attached hydrogens (tertiary/aromatic N) is 4. The van der Waals surface area contributed by atoms with E-state index in [4.69, 9.17) is 11.6 Å². The molecule has 1 aliphatic rings. The molecule has 1 saturated heterocycles. The minimum Gasteiger partial charge on any atom is -0.353 e. The molecule has 1 aromatic heterocycles. The Balaban J connectivity index is 1.91. The van der Waals surface area contributed by atoms with Gasteiger partial charge in [-0.25, -0.2) is 4.98 Å². The Bertz CT molecular complexity index is 565. The summed E-state index contributed by atoms with van der Waals surface area (Å²) < 4.78 is 37.8. The Morgan fingerprint density at radius 2 is 2.00 bits per heavy atom. The summed E-state index contributed by atoms with van der Waals surface area (Å²) in [6.07, 6.45) is -3.72. The smallest absolute Gasteiger partial charge is 0.353 e. The molecular weight excluding hydrogens is 341 g/mol. The molecule has 0 bridgehead atoms. The second-order valence-electron chi connectivity index (χ2n) is 4.91. The van der Waals surface area contributed by atoms with Gasteiger partial charge in [-0.05, 0) is 6.07 Å². The summed E-state index contributed by atoms with van der Waals surface area (Å²) in [5.74, 6) is 0.306. The molecule has 1 fully saturated rings. The molecule has 0 unspecified atom stereocenters. The molecule has 7 nitrogen and oxygen atoms in total. The predicted molar refractivity (Wildman–Crippen MR) is 75.8 cm³/mol. The van der Waals surface area contributed by atoms with Gasteiger partial charge in [0.05, 0.1) is 10.6 Å². The largest absolute Gasteiger partial charge is 0.417 e. The lowest BCUT2D eigenvalue weighted by atomic mass is 10.2. The van der Waals surface area contributed by atoms with Gasteiger partial charge in [-0.3, -0.25) is 4.90 Å². The lowest BCUT2D eigenvalue weighted by molar-refractivity contribution is -0.757. The van der Waals surface area contributed by atoms with Crippen LogP contribution in [0.2, 0.25) is 5.02 Å². The van der Waals surface area contributed by atoms with Crippen LogP contribution in [-0.2, 0) is 11.0 Å². The maximum atomic E-state index is 12.6. The summed E-state index contributed by atoms with van der Waals surface area (Å²) in [5.41, 5.74) is -0.887. The summed E-state index contributed by atoms with van der Waals surface area (Å²) in [5, 5.41) is 9.17. The molecular formula is C12H14ClF3N4O3. The van der Waals surface area contributed by atoms with Crippen molar-refractivity contribution in [2.24, 2.45) is 0 Å². The molecule has 0 N–H and O–H groups in total. The normalized spacial score (nSPS) is 16.4. The van der Waals surface area contributed by atoms with E-state index in [2.05, 4.69) is 9.82 Å². The Kier molecular flexibility index (Phi) is 5.47. The Hall–Kier alpha value is -1.81. The van der Waals surface area contributed by atoms with Gasteiger partial charge < -0.3 is 9.74 Å². The Labute approximate surface area is 134 Å². The third-order valence-corrected chi connectivity index (χ3v) is 3.70. The average Bonchev–Trinajstić information content (AvgIpc) is 2.47. The molecule has 0 amide bonds. The van der Waals surface area contributed by atoms with Gasteiger partial charge in [0, 0.05) is 38.9 Å². The van der Waals surface area contributed by atoms with Crippen LogP contribution in [0.25, 0.3) is 0 Å². The number of hydrogen-bond acceptors (Lipinski definition) is 6. The van der Waals surface area contributed by atoms with Crippen molar-refractivity contribution in [1.82, 2.24) is 9.88 Å². The lowest BCUT2D eigenvalue weighted by Crippen LogP contribution is -2.47. The van der Waals surface area contributed by atoms with Gasteiger partial charge >= 0.3 is 6.18 Å². The van der Waals surface area contributed by atoms with Gasteiger partial charge in [-0.2, -0.15) is 13.2 Å². The summed E-state index contributed by atoms with van der Waals surface area (Å²) >= 11 is 5.91. The zero-order valence-corrected chi connectivity index (χ0v) is 12.7. The van der Waals surface area contributed by atoms with E-state index < -0.39 is 16.8 Å². The number of rotatable bonds is 5. The molecule has 2 rings (SSSR count). The van der Waals surface area contributed by atoms with Gasteiger partial charge in [0.15, 0.2) is 0 Å². The highest BCUT2D eigenvalue weighted by Crippen LogP contribution is 2.33. The second kappa shape index (κ2) is 7.18. The first kappa shape index (κ1) is 17.5. The number of piperazine rings is 1. The van der Waals surface area contributed by atoms with Crippen LogP contribution in [0.1, 0.15) is 5.56 Å². The van der Waals surface area contributed by atoms with Crippen LogP contribution in [0.5, 0.6) is 0 Å². The number of anilines is 1. The van der Waals surface area contributed by atoms with Gasteiger partial charge in [0.2, 0.25) is 0 Å². The number of hydrogen-bond donors (Lipinski definition) is 0. The molecule has 23 heavy (non-hydrogen) atoms. The topological polar surface area (TPSA) is 71.7 Å². The number of alkyl halides is 3. The standard InChI is InChI=1S/C12H14ClF3N4O3/c13-10-7-9(12(14,15)16)8-17-11(10)19-3-1-18(2-4-19)5-6-23-20(21)22/h7-8H,1-6H2. The summed E-state index contributed by atoms with van der Waals surface area (Å²) in [7, 11) is 0. The van der Waals surface area contributed by atoms with Crippen LogP contribution in [0.4, 0.5) is 19.0 Å². The minimum atomic E-state index is -4.48. The molecule has 2 heterocycles. The highest BCUT2D eigenvalue weighted by molar-refractivity contribution is 6.33. The van der Waals surface area contributed by atoms with Crippen molar-refractivity contribution in [3.05, 3.63) is 33.0 Å². The van der Waals surface area contributed by atoms with Crippen LogP contribution >= 0.6 is 11.6 Å². The molecule has 11 heteroatoms. The van der Waals surface area contributed by atoms with Crippen molar-refractivity contribution in [2.75, 3.05) is 44.2 Å². The van der Waals surface area contributed by atoms with Crippen LogP contribution in [-0.4, -0.2) is 54.3 Å². The van der Waals surface area contributed by atoms with Crippen molar-refractivity contribution in [3.63, 3.8) is 0 Å². The first-order chi connectivity index (χ1) is 10.8. The van der Waals surface area contributed by atoms with Crippen molar-refractivity contribution >= 4 is 17.4 Å². The van der Waals surface area contributed by atoms with Crippen LogP contribution in [0.15, 0.2) is 12.3 Å². The van der Waals surface area contributed by atoms with Crippen molar-refractivity contribution < 1.29 is 23.1 Å². The van der Waals surface area contributed by atoms with Crippen molar-refractivity contribution in [3.8, 4) is 0 Å². The van der Waals surface area contributed by atoms with E-state index in [1.165, 1.54) is 0 Å². The SMILES string of the molecule is O=[N+]([O-])OCCN1CCN(c2ncc(C(F)(F)F)cc2Cl)CC1. The molecule has 0 radical (unpaired) electrons. The summed E-state index contributed by atoms with van der Waals surface area (Å²) in [6, 6.07) is 0.862. The molecule has 1 aromatic rings. The van der Waals surface area contributed by atoms with Crippen LogP contribution in [0, 0.1) is 10.1 Å². The maximum absolute atomic E-state index is 12.6. The number of aromatic nitrogens is 1. The van der Waals surface area contributed by atoms with E-state index >= 15 is 0 Å². The fourth-order valence-electron chi connectivity index (χ4n) is 2.25. The van der Waals surface area contributed by atoms with Gasteiger partial charge in [0.25, 0.3) is 5.09 Å². The van der Waals surface area contributed by atoms with E-state index in [9.17, 15) is 23.3 Å². The second-order valence-corrected chi connectivity index (χ2v) is 5.32. The highest BCUT2D eigenvalue weighted by atomic mass is 35.5. The molecule has 0 saturated carbocycles. The average molecular weight is 355 g/mol. The zero-order valence-electron chi connectivity index (χ0n) is 11.9. The van der Waals surface area contributed by atoms with E-state index in [1.807, 2.05) is 4.90 Å². The lowest BCUT2D eigenvalue weighted by Gasteiger charge is -2.35. The summed E-state index contributed by atoms with van der Waals surface area (Å²) in [6.45, 7) is 2.57. The summed E-state index contributed by atoms with van der Waals surface area (Å²) in [4.78, 5) is 21.9. The number of halogens is 4. The maximum Gasteiger partial charge on any atom is 0.417 e. The van der Waals surface area contributed by atoms with Crippen LogP contribution in [0.3, 0.4) is 0 Å².